The van der Waals surface area contributed by atoms with E-state index in [0.29, 0.717) is 12.3 Å². The van der Waals surface area contributed by atoms with E-state index in [1.165, 1.54) is 5.56 Å². The van der Waals surface area contributed by atoms with Crippen LogP contribution in [0.25, 0.3) is 0 Å². The van der Waals surface area contributed by atoms with Gasteiger partial charge in [-0.25, -0.2) is 0 Å². The van der Waals surface area contributed by atoms with Crippen molar-refractivity contribution in [1.29, 1.82) is 10.5 Å². The summed E-state index contributed by atoms with van der Waals surface area (Å²) >= 11 is 0. The van der Waals surface area contributed by atoms with Crippen molar-refractivity contribution in [3.05, 3.63) is 35.9 Å². The molecule has 0 N–H and O–H groups in total. The smallest absolute Gasteiger partial charge is 0.146 e. The lowest BCUT2D eigenvalue weighted by Gasteiger charge is -2.16. The van der Waals surface area contributed by atoms with Gasteiger partial charge < -0.3 is 17.0 Å². The van der Waals surface area contributed by atoms with Crippen molar-refractivity contribution in [3.63, 3.8) is 0 Å². The van der Waals surface area contributed by atoms with E-state index in [1.54, 1.807) is 0 Å². The molecule has 0 aliphatic carbocycles. The lowest BCUT2D eigenvalue weighted by Crippen LogP contribution is -3.00. The lowest BCUT2D eigenvalue weighted by atomic mass is 10.2. The van der Waals surface area contributed by atoms with E-state index in [1.807, 2.05) is 18.2 Å². The van der Waals surface area contributed by atoms with Crippen LogP contribution in [0.5, 0.6) is 0 Å². The maximum Gasteiger partial charge on any atom is 0.146 e. The van der Waals surface area contributed by atoms with E-state index >= 15 is 0 Å². The second-order valence-corrected chi connectivity index (χ2v) is 8.08. The van der Waals surface area contributed by atoms with Gasteiger partial charge in [-0.2, -0.15) is 10.5 Å². The molecule has 0 heterocycles. The van der Waals surface area contributed by atoms with Gasteiger partial charge in [0.2, 0.25) is 0 Å². The zero-order chi connectivity index (χ0) is 11.1. The van der Waals surface area contributed by atoms with E-state index in [0.717, 1.165) is 6.16 Å². The minimum Gasteiger partial charge on any atom is -1.00 e. The summed E-state index contributed by atoms with van der Waals surface area (Å²) in [4.78, 5) is 0. The van der Waals surface area contributed by atoms with Crippen molar-refractivity contribution in [3.8, 4) is 12.1 Å². The van der Waals surface area contributed by atoms with Gasteiger partial charge in [0.05, 0.1) is 12.8 Å². The number of rotatable bonds is 4. The Balaban J connectivity index is 0.00000225. The van der Waals surface area contributed by atoms with E-state index in [4.69, 9.17) is 10.5 Å². The third kappa shape index (κ3) is 4.75. The van der Waals surface area contributed by atoms with Gasteiger partial charge in [0.15, 0.2) is 0 Å². The molecule has 2 nitrogen and oxygen atoms in total. The lowest BCUT2D eigenvalue weighted by molar-refractivity contribution is -0.00000382. The van der Waals surface area contributed by atoms with Crippen molar-refractivity contribution >= 4 is 7.26 Å². The molecule has 0 fully saturated rings. The van der Waals surface area contributed by atoms with E-state index in [9.17, 15) is 0 Å². The van der Waals surface area contributed by atoms with Crippen LogP contribution in [0.4, 0.5) is 0 Å². The first kappa shape index (κ1) is 15.1. The second-order valence-electron chi connectivity index (χ2n) is 3.90. The minimum atomic E-state index is -1.41. The molecule has 0 unspecified atom stereocenters. The highest BCUT2D eigenvalue weighted by Crippen LogP contribution is 2.57. The van der Waals surface area contributed by atoms with Crippen LogP contribution >= 0.6 is 7.26 Å². The molecular formula is C12H14BrN2P. The van der Waals surface area contributed by atoms with Gasteiger partial charge in [-0.3, -0.25) is 0 Å². The van der Waals surface area contributed by atoms with Gasteiger partial charge >= 0.3 is 0 Å². The maximum absolute atomic E-state index is 8.77. The monoisotopic (exact) mass is 296 g/mol. The average Bonchev–Trinajstić information content (AvgIpc) is 2.19. The highest BCUT2D eigenvalue weighted by Gasteiger charge is 2.31. The highest BCUT2D eigenvalue weighted by atomic mass is 79.9. The molecule has 1 aromatic carbocycles. The van der Waals surface area contributed by atoms with E-state index in [-0.39, 0.29) is 17.0 Å². The van der Waals surface area contributed by atoms with Gasteiger partial charge in [0.25, 0.3) is 0 Å². The minimum absolute atomic E-state index is 0. The average molecular weight is 297 g/mol. The normalized spacial score (nSPS) is 9.69. The molecule has 0 spiro atoms. The summed E-state index contributed by atoms with van der Waals surface area (Å²) in [5.74, 6) is 0. The Bertz CT molecular complexity index is 376. The molecule has 16 heavy (non-hydrogen) atoms. The Hall–Kier alpha value is -0.890. The SMILES string of the molecule is C[P+](CC#N)(CC#N)Cc1ccccc1.[Br-]. The number of hydrogen-bond donors (Lipinski definition) is 0. The Kier molecular flexibility index (Phi) is 6.98. The Morgan fingerprint density at radius 3 is 2.00 bits per heavy atom. The molecule has 0 radical (unpaired) electrons. The second kappa shape index (κ2) is 7.39. The summed E-state index contributed by atoms with van der Waals surface area (Å²) in [6, 6.07) is 14.5. The summed E-state index contributed by atoms with van der Waals surface area (Å²) in [5.41, 5.74) is 1.24. The first-order valence-electron chi connectivity index (χ1n) is 4.81. The van der Waals surface area contributed by atoms with Crippen LogP contribution in [0, 0.1) is 22.7 Å². The third-order valence-electron chi connectivity index (χ3n) is 2.31. The van der Waals surface area contributed by atoms with E-state index < -0.39 is 7.26 Å². The molecule has 0 atom stereocenters. The van der Waals surface area contributed by atoms with Crippen LogP contribution in [0.2, 0.25) is 0 Å². The molecular weight excluding hydrogens is 283 g/mol. The van der Waals surface area contributed by atoms with Crippen LogP contribution in [0.3, 0.4) is 0 Å². The van der Waals surface area contributed by atoms with Crippen LogP contribution in [-0.2, 0) is 6.16 Å². The standard InChI is InChI=1S/C12H14N2P.BrH/c1-15(9-7-13,10-8-14)11-12-5-3-2-4-6-12;/h2-6H,9-11H2,1H3;1H/q+1;/p-1. The number of benzene rings is 1. The molecule has 0 aliphatic rings. The fourth-order valence-electron chi connectivity index (χ4n) is 1.53. The summed E-state index contributed by atoms with van der Waals surface area (Å²) in [7, 11) is -1.41. The quantitative estimate of drug-likeness (QED) is 0.728. The Labute approximate surface area is 108 Å². The third-order valence-corrected chi connectivity index (χ3v) is 5.25. The molecule has 4 heteroatoms. The number of halogens is 1. The summed E-state index contributed by atoms with van der Waals surface area (Å²) < 4.78 is 0. The van der Waals surface area contributed by atoms with Crippen LogP contribution in [-0.4, -0.2) is 19.0 Å². The molecule has 84 valence electrons. The highest BCUT2D eigenvalue weighted by molar-refractivity contribution is 7.74. The molecule has 0 aliphatic heterocycles. The van der Waals surface area contributed by atoms with Crippen LogP contribution < -0.4 is 17.0 Å². The molecule has 1 aromatic rings. The Morgan fingerprint density at radius 2 is 1.56 bits per heavy atom. The van der Waals surface area contributed by atoms with Gasteiger partial charge in [-0.05, 0) is 5.56 Å². The maximum atomic E-state index is 8.77. The van der Waals surface area contributed by atoms with Crippen molar-refractivity contribution < 1.29 is 17.0 Å². The fourth-order valence-corrected chi connectivity index (χ4v) is 3.64. The number of hydrogen-bond acceptors (Lipinski definition) is 2. The number of nitriles is 2. The van der Waals surface area contributed by atoms with Gasteiger partial charge in [-0.1, -0.05) is 30.3 Å². The van der Waals surface area contributed by atoms with E-state index in [2.05, 4.69) is 30.9 Å². The first-order valence-corrected chi connectivity index (χ1v) is 7.61. The summed E-state index contributed by atoms with van der Waals surface area (Å²) in [5, 5.41) is 17.5. The van der Waals surface area contributed by atoms with Crippen LogP contribution in [0.15, 0.2) is 30.3 Å². The molecule has 0 aromatic heterocycles. The van der Waals surface area contributed by atoms with Crippen molar-refractivity contribution in [2.45, 2.75) is 6.16 Å². The largest absolute Gasteiger partial charge is 1.00 e. The molecule has 0 saturated carbocycles. The first-order chi connectivity index (χ1) is 7.20. The molecule has 1 rings (SSSR count). The van der Waals surface area contributed by atoms with Gasteiger partial charge in [0.1, 0.15) is 24.5 Å². The molecule has 0 bridgehead atoms. The van der Waals surface area contributed by atoms with Crippen molar-refractivity contribution in [2.24, 2.45) is 0 Å². The van der Waals surface area contributed by atoms with Gasteiger partial charge in [-0.15, -0.1) is 0 Å². The predicted octanol–water partition coefficient (Wildman–Crippen LogP) is -0.115. The van der Waals surface area contributed by atoms with Crippen LogP contribution in [0.1, 0.15) is 5.56 Å². The van der Waals surface area contributed by atoms with Gasteiger partial charge in [0, 0.05) is 7.26 Å². The van der Waals surface area contributed by atoms with Crippen molar-refractivity contribution in [2.75, 3.05) is 19.0 Å². The Morgan fingerprint density at radius 1 is 1.06 bits per heavy atom. The number of nitrogens with zero attached hydrogens (tertiary/aromatic N) is 2. The molecule has 0 amide bonds. The zero-order valence-corrected chi connectivity index (χ0v) is 11.7. The summed E-state index contributed by atoms with van der Waals surface area (Å²) in [6.07, 6.45) is 1.97. The molecule has 0 saturated heterocycles. The summed E-state index contributed by atoms with van der Waals surface area (Å²) in [6.45, 7) is 2.10. The topological polar surface area (TPSA) is 47.6 Å². The predicted molar refractivity (Wildman–Crippen MR) is 64.0 cm³/mol. The van der Waals surface area contributed by atoms with Crippen molar-refractivity contribution in [1.82, 2.24) is 0 Å². The zero-order valence-electron chi connectivity index (χ0n) is 9.23. The fraction of sp³-hybridized carbons (Fsp3) is 0.333.